The van der Waals surface area contributed by atoms with Gasteiger partial charge in [-0.2, -0.15) is 4.57 Å². The summed E-state index contributed by atoms with van der Waals surface area (Å²) in [6, 6.07) is 24.9. The molecule has 1 saturated carbocycles. The molecule has 0 N–H and O–H groups in total. The van der Waals surface area contributed by atoms with Crippen LogP contribution in [0.1, 0.15) is 56.2 Å². The SMILES string of the molecule is [2H]c1c(C)[n+](C)c(-c2ccc(-c3ccccc3)cc2C)c2ccc(C3CCCCC3)cc12. The number of pyridine rings is 1. The molecule has 1 heteroatoms. The van der Waals surface area contributed by atoms with Crippen molar-refractivity contribution in [1.29, 1.82) is 0 Å². The quantitative estimate of drug-likeness (QED) is 0.307. The Balaban J connectivity index is 1.67. The Morgan fingerprint density at radius 1 is 0.839 bits per heavy atom. The maximum atomic E-state index is 8.88. The number of aryl methyl sites for hydroxylation is 1. The Labute approximate surface area is 187 Å². The van der Waals surface area contributed by atoms with Crippen molar-refractivity contribution in [3.05, 3.63) is 89.6 Å². The van der Waals surface area contributed by atoms with Crippen molar-refractivity contribution in [2.75, 3.05) is 0 Å². The highest BCUT2D eigenvalue weighted by Gasteiger charge is 2.22. The summed E-state index contributed by atoms with van der Waals surface area (Å²) in [6.07, 6.45) is 6.59. The van der Waals surface area contributed by atoms with Crippen LogP contribution in [-0.2, 0) is 7.05 Å². The molecule has 0 aliphatic heterocycles. The number of rotatable bonds is 3. The van der Waals surface area contributed by atoms with Gasteiger partial charge >= 0.3 is 0 Å². The number of aromatic nitrogens is 1. The summed E-state index contributed by atoms with van der Waals surface area (Å²) in [5.41, 5.74) is 8.63. The van der Waals surface area contributed by atoms with E-state index in [0.717, 1.165) is 11.1 Å². The summed E-state index contributed by atoms with van der Waals surface area (Å²) in [7, 11) is 2.10. The minimum atomic E-state index is 0.650. The van der Waals surface area contributed by atoms with Crippen LogP contribution in [0.3, 0.4) is 0 Å². The van der Waals surface area contributed by atoms with Gasteiger partial charge in [-0.1, -0.05) is 73.9 Å². The van der Waals surface area contributed by atoms with Gasteiger partial charge in [-0.15, -0.1) is 0 Å². The van der Waals surface area contributed by atoms with E-state index in [4.69, 9.17) is 1.37 Å². The predicted molar refractivity (Wildman–Crippen MR) is 131 cm³/mol. The zero-order chi connectivity index (χ0) is 22.2. The standard InChI is InChI=1S/C30H32N/c1-21-18-25(23-10-6-4-7-11-23)14-16-28(21)30-29-17-15-26(24-12-8-5-9-13-24)20-27(29)19-22(2)31(30)3/h4,6-7,10-11,14-20,24H,5,8-9,12-13H2,1-3H3/q+1/i19D. The Hall–Kier alpha value is -2.93. The molecule has 3 aromatic carbocycles. The highest BCUT2D eigenvalue weighted by atomic mass is 14.9. The summed E-state index contributed by atoms with van der Waals surface area (Å²) < 4.78 is 11.1. The average molecular weight is 408 g/mol. The van der Waals surface area contributed by atoms with Crippen LogP contribution in [0, 0.1) is 13.8 Å². The van der Waals surface area contributed by atoms with Gasteiger partial charge in [0, 0.05) is 18.5 Å². The van der Waals surface area contributed by atoms with E-state index in [9.17, 15) is 0 Å². The van der Waals surface area contributed by atoms with Crippen molar-refractivity contribution in [2.24, 2.45) is 7.05 Å². The lowest BCUT2D eigenvalue weighted by Gasteiger charge is -2.22. The molecule has 0 spiro atoms. The highest BCUT2D eigenvalue weighted by Crippen LogP contribution is 2.36. The molecule has 1 aliphatic rings. The number of hydrogen-bond donors (Lipinski definition) is 0. The molecule has 1 aliphatic carbocycles. The Morgan fingerprint density at radius 2 is 1.61 bits per heavy atom. The van der Waals surface area contributed by atoms with Crippen LogP contribution in [0.25, 0.3) is 33.2 Å². The third kappa shape index (κ3) is 3.78. The van der Waals surface area contributed by atoms with Gasteiger partial charge in [0.15, 0.2) is 5.69 Å². The largest absolute Gasteiger partial charge is 0.220 e. The van der Waals surface area contributed by atoms with Crippen LogP contribution in [-0.4, -0.2) is 0 Å². The van der Waals surface area contributed by atoms with Crippen molar-refractivity contribution in [3.8, 4) is 22.4 Å². The first-order chi connectivity index (χ1) is 15.5. The smallest absolute Gasteiger partial charge is 0.198 e. The van der Waals surface area contributed by atoms with E-state index >= 15 is 0 Å². The average Bonchev–Trinajstić information content (AvgIpc) is 2.84. The number of nitrogens with zero attached hydrogens (tertiary/aromatic N) is 1. The molecule has 0 amide bonds. The summed E-state index contributed by atoms with van der Waals surface area (Å²) in [6.45, 7) is 4.28. The fourth-order valence-corrected chi connectivity index (χ4v) is 5.25. The summed E-state index contributed by atoms with van der Waals surface area (Å²) in [5.74, 6) is 0.650. The molecule has 31 heavy (non-hydrogen) atoms. The van der Waals surface area contributed by atoms with Crippen molar-refractivity contribution < 1.29 is 5.94 Å². The molecule has 1 fully saturated rings. The predicted octanol–water partition coefficient (Wildman–Crippen LogP) is 7.66. The first-order valence-corrected chi connectivity index (χ1v) is 11.6. The first kappa shape index (κ1) is 18.8. The minimum Gasteiger partial charge on any atom is -0.198 e. The van der Waals surface area contributed by atoms with Gasteiger partial charge < -0.3 is 0 Å². The van der Waals surface area contributed by atoms with E-state index < -0.39 is 0 Å². The molecule has 0 bridgehead atoms. The zero-order valence-corrected chi connectivity index (χ0v) is 18.9. The van der Waals surface area contributed by atoms with E-state index in [1.807, 2.05) is 0 Å². The Bertz CT molecular complexity index is 1280. The fraction of sp³-hybridized carbons (Fsp3) is 0.300. The summed E-state index contributed by atoms with van der Waals surface area (Å²) >= 11 is 0. The van der Waals surface area contributed by atoms with Crippen molar-refractivity contribution in [1.82, 2.24) is 0 Å². The molecule has 0 unspecified atom stereocenters. The second kappa shape index (κ2) is 8.30. The van der Waals surface area contributed by atoms with Crippen molar-refractivity contribution in [3.63, 3.8) is 0 Å². The van der Waals surface area contributed by atoms with E-state index in [1.54, 1.807) is 0 Å². The molecule has 5 rings (SSSR count). The van der Waals surface area contributed by atoms with Gasteiger partial charge in [-0.05, 0) is 65.5 Å². The van der Waals surface area contributed by atoms with Crippen LogP contribution in [0.4, 0.5) is 0 Å². The van der Waals surface area contributed by atoms with E-state index in [-0.39, 0.29) is 0 Å². The van der Waals surface area contributed by atoms with E-state index in [1.165, 1.54) is 71.0 Å². The molecular weight excluding hydrogens is 374 g/mol. The van der Waals surface area contributed by atoms with Crippen molar-refractivity contribution in [2.45, 2.75) is 51.9 Å². The molecule has 0 atom stereocenters. The number of benzene rings is 3. The normalized spacial score (nSPS) is 15.3. The lowest BCUT2D eigenvalue weighted by Crippen LogP contribution is -2.35. The third-order valence-electron chi connectivity index (χ3n) is 7.12. The van der Waals surface area contributed by atoms with Crippen LogP contribution in [0.2, 0.25) is 0 Å². The maximum absolute atomic E-state index is 8.88. The first-order valence-electron chi connectivity index (χ1n) is 12.1. The second-order valence-corrected chi connectivity index (χ2v) is 9.15. The van der Waals surface area contributed by atoms with Crippen LogP contribution in [0.15, 0.2) is 72.8 Å². The van der Waals surface area contributed by atoms with Gasteiger partial charge in [0.2, 0.25) is 5.69 Å². The van der Waals surface area contributed by atoms with Gasteiger partial charge in [0.1, 0.15) is 7.05 Å². The van der Waals surface area contributed by atoms with E-state index in [2.05, 4.69) is 92.2 Å². The second-order valence-electron chi connectivity index (χ2n) is 9.15. The van der Waals surface area contributed by atoms with Gasteiger partial charge in [0.05, 0.1) is 6.76 Å². The molecule has 1 nitrogen and oxygen atoms in total. The highest BCUT2D eigenvalue weighted by molar-refractivity contribution is 5.94. The topological polar surface area (TPSA) is 3.88 Å². The molecular formula is C30H32N+. The maximum Gasteiger partial charge on any atom is 0.220 e. The summed E-state index contributed by atoms with van der Waals surface area (Å²) in [4.78, 5) is 0. The van der Waals surface area contributed by atoms with E-state index in [0.29, 0.717) is 12.0 Å². The lowest BCUT2D eigenvalue weighted by atomic mass is 9.83. The van der Waals surface area contributed by atoms with Crippen molar-refractivity contribution >= 4 is 10.8 Å². The fourth-order valence-electron chi connectivity index (χ4n) is 5.25. The Morgan fingerprint density at radius 3 is 2.35 bits per heavy atom. The molecule has 1 aromatic heterocycles. The van der Waals surface area contributed by atoms with Gasteiger partial charge in [0.25, 0.3) is 0 Å². The van der Waals surface area contributed by atoms with Crippen LogP contribution >= 0.6 is 0 Å². The monoisotopic (exact) mass is 407 g/mol. The third-order valence-corrected chi connectivity index (χ3v) is 7.12. The van der Waals surface area contributed by atoms with Gasteiger partial charge in [-0.25, -0.2) is 0 Å². The minimum absolute atomic E-state index is 0.650. The van der Waals surface area contributed by atoms with Crippen LogP contribution < -0.4 is 4.57 Å². The zero-order valence-electron chi connectivity index (χ0n) is 19.9. The molecule has 0 radical (unpaired) electrons. The molecule has 156 valence electrons. The molecule has 0 saturated heterocycles. The number of hydrogen-bond acceptors (Lipinski definition) is 0. The molecule has 4 aromatic rings. The van der Waals surface area contributed by atoms with Crippen LogP contribution in [0.5, 0.6) is 0 Å². The van der Waals surface area contributed by atoms with Gasteiger partial charge in [-0.3, -0.25) is 0 Å². The number of fused-ring (bicyclic) bond motifs is 1. The molecule has 1 heterocycles. The summed E-state index contributed by atoms with van der Waals surface area (Å²) in [5, 5.41) is 2.27. The lowest BCUT2D eigenvalue weighted by molar-refractivity contribution is -0.665. The Kier molecular flexibility index (Phi) is 5.04.